The molecule has 6 heteroatoms. The molecule has 0 aromatic rings. The highest BCUT2D eigenvalue weighted by Crippen LogP contribution is 2.01. The summed E-state index contributed by atoms with van der Waals surface area (Å²) in [4.78, 5) is 9.87. The maximum Gasteiger partial charge on any atom is 0.102 e. The minimum atomic E-state index is -1.08. The Balaban J connectivity index is 0.000000356. The first-order valence-corrected chi connectivity index (χ1v) is 6.73. The summed E-state index contributed by atoms with van der Waals surface area (Å²) >= 11 is 0. The van der Waals surface area contributed by atoms with Gasteiger partial charge in [-0.15, -0.1) is 0 Å². The minimum absolute atomic E-state index is 0.0495. The molecule has 1 saturated heterocycles. The van der Waals surface area contributed by atoms with Crippen molar-refractivity contribution in [3.8, 4) is 0 Å². The molecule has 114 valence electrons. The van der Waals surface area contributed by atoms with Crippen LogP contribution in [0.4, 0.5) is 0 Å². The Labute approximate surface area is 115 Å². The first-order chi connectivity index (χ1) is 8.98. The number of hydrogen-bond donors (Lipinski definition) is 0. The SMILES string of the molecule is CCOCCOCCC(=O)[O-].C[N+]1(C)CCOCC1. The summed E-state index contributed by atoms with van der Waals surface area (Å²) in [5, 5.41) is 9.87. The molecule has 1 heterocycles. The molecule has 1 aliphatic rings. The number of quaternary nitrogens is 1. The number of carbonyl (C=O) groups excluding carboxylic acids is 1. The van der Waals surface area contributed by atoms with Crippen molar-refractivity contribution in [3.05, 3.63) is 0 Å². The predicted molar refractivity (Wildman–Crippen MR) is 69.6 cm³/mol. The fourth-order valence-corrected chi connectivity index (χ4v) is 1.36. The maximum absolute atomic E-state index is 9.87. The second-order valence-corrected chi connectivity index (χ2v) is 4.93. The number of morpholine rings is 1. The van der Waals surface area contributed by atoms with Crippen molar-refractivity contribution in [3.63, 3.8) is 0 Å². The monoisotopic (exact) mass is 277 g/mol. The highest BCUT2D eigenvalue weighted by molar-refractivity contribution is 5.64. The molecule has 0 aromatic carbocycles. The van der Waals surface area contributed by atoms with Crippen LogP contribution in [0.5, 0.6) is 0 Å². The Morgan fingerprint density at radius 2 is 1.74 bits per heavy atom. The van der Waals surface area contributed by atoms with Gasteiger partial charge in [-0.25, -0.2) is 0 Å². The molecule has 1 fully saturated rings. The molecule has 0 atom stereocenters. The van der Waals surface area contributed by atoms with Gasteiger partial charge in [-0.3, -0.25) is 0 Å². The van der Waals surface area contributed by atoms with Gasteiger partial charge in [-0.05, 0) is 6.92 Å². The van der Waals surface area contributed by atoms with E-state index < -0.39 is 5.97 Å². The van der Waals surface area contributed by atoms with Crippen molar-refractivity contribution in [2.45, 2.75) is 13.3 Å². The second-order valence-electron chi connectivity index (χ2n) is 4.93. The molecule has 0 spiro atoms. The van der Waals surface area contributed by atoms with Crippen molar-refractivity contribution in [1.82, 2.24) is 0 Å². The van der Waals surface area contributed by atoms with Crippen molar-refractivity contribution >= 4 is 5.97 Å². The predicted octanol–water partition coefficient (Wildman–Crippen LogP) is -0.727. The molecule has 0 saturated carbocycles. The van der Waals surface area contributed by atoms with E-state index in [9.17, 15) is 9.90 Å². The van der Waals surface area contributed by atoms with Gasteiger partial charge in [0.2, 0.25) is 0 Å². The van der Waals surface area contributed by atoms with Gasteiger partial charge in [0.15, 0.2) is 0 Å². The lowest BCUT2D eigenvalue weighted by Crippen LogP contribution is -2.48. The Kier molecular flexibility index (Phi) is 10.8. The third-order valence-electron chi connectivity index (χ3n) is 2.71. The summed E-state index contributed by atoms with van der Waals surface area (Å²) < 4.78 is 16.2. The zero-order valence-electron chi connectivity index (χ0n) is 12.4. The molecule has 1 rings (SSSR count). The molecule has 0 aliphatic carbocycles. The Morgan fingerprint density at radius 1 is 1.16 bits per heavy atom. The zero-order valence-corrected chi connectivity index (χ0v) is 12.4. The zero-order chi connectivity index (χ0) is 14.6. The Morgan fingerprint density at radius 3 is 2.16 bits per heavy atom. The van der Waals surface area contributed by atoms with Crippen LogP contribution in [0.2, 0.25) is 0 Å². The molecule has 0 N–H and O–H groups in total. The summed E-state index contributed by atoms with van der Waals surface area (Å²) in [6, 6.07) is 0. The van der Waals surface area contributed by atoms with Crippen LogP contribution in [0.25, 0.3) is 0 Å². The second kappa shape index (κ2) is 11.2. The van der Waals surface area contributed by atoms with Crippen LogP contribution in [-0.2, 0) is 19.0 Å². The number of hydrogen-bond acceptors (Lipinski definition) is 5. The van der Waals surface area contributed by atoms with Gasteiger partial charge in [0.05, 0.1) is 47.1 Å². The van der Waals surface area contributed by atoms with Gasteiger partial charge in [-0.1, -0.05) is 0 Å². The summed E-state index contributed by atoms with van der Waals surface area (Å²) in [6.07, 6.45) is -0.0495. The Hall–Kier alpha value is -0.690. The van der Waals surface area contributed by atoms with Gasteiger partial charge in [0.25, 0.3) is 0 Å². The molecule has 6 nitrogen and oxygen atoms in total. The van der Waals surface area contributed by atoms with Crippen LogP contribution in [0.15, 0.2) is 0 Å². The number of carboxylic acids is 1. The lowest BCUT2D eigenvalue weighted by atomic mass is 10.4. The summed E-state index contributed by atoms with van der Waals surface area (Å²) in [6.45, 7) is 7.92. The lowest BCUT2D eigenvalue weighted by Gasteiger charge is -2.33. The molecule has 1 aliphatic heterocycles. The Bertz CT molecular complexity index is 225. The quantitative estimate of drug-likeness (QED) is 0.453. The molecule has 0 amide bonds. The summed E-state index contributed by atoms with van der Waals surface area (Å²) in [7, 11) is 4.48. The van der Waals surface area contributed by atoms with E-state index in [1.165, 1.54) is 13.1 Å². The smallest absolute Gasteiger partial charge is 0.102 e. The van der Waals surface area contributed by atoms with Gasteiger partial charge in [-0.2, -0.15) is 0 Å². The highest BCUT2D eigenvalue weighted by Gasteiger charge is 2.18. The van der Waals surface area contributed by atoms with E-state index in [1.807, 2.05) is 6.92 Å². The first kappa shape index (κ1) is 18.3. The molecule has 19 heavy (non-hydrogen) atoms. The number of carboxylic acid groups (broad SMARTS) is 1. The summed E-state index contributed by atoms with van der Waals surface area (Å²) in [5.74, 6) is -1.08. The van der Waals surface area contributed by atoms with E-state index in [-0.39, 0.29) is 13.0 Å². The number of carbonyl (C=O) groups is 1. The fourth-order valence-electron chi connectivity index (χ4n) is 1.36. The molecule has 0 radical (unpaired) electrons. The number of ether oxygens (including phenoxy) is 3. The van der Waals surface area contributed by atoms with Crippen LogP contribution < -0.4 is 5.11 Å². The maximum atomic E-state index is 9.87. The van der Waals surface area contributed by atoms with Gasteiger partial charge in [0, 0.05) is 19.0 Å². The van der Waals surface area contributed by atoms with Crippen LogP contribution in [0.1, 0.15) is 13.3 Å². The lowest BCUT2D eigenvalue weighted by molar-refractivity contribution is -0.898. The molecule has 0 unspecified atom stereocenters. The van der Waals surface area contributed by atoms with Gasteiger partial charge < -0.3 is 28.6 Å². The number of rotatable bonds is 7. The van der Waals surface area contributed by atoms with Crippen LogP contribution in [0.3, 0.4) is 0 Å². The summed E-state index contributed by atoms with van der Waals surface area (Å²) in [5.41, 5.74) is 0. The van der Waals surface area contributed by atoms with E-state index in [2.05, 4.69) is 14.1 Å². The highest BCUT2D eigenvalue weighted by atomic mass is 16.5. The largest absolute Gasteiger partial charge is 0.550 e. The van der Waals surface area contributed by atoms with Crippen molar-refractivity contribution in [2.24, 2.45) is 0 Å². The normalized spacial score (nSPS) is 17.4. The van der Waals surface area contributed by atoms with E-state index in [0.717, 1.165) is 17.7 Å². The van der Waals surface area contributed by atoms with Crippen LogP contribution >= 0.6 is 0 Å². The van der Waals surface area contributed by atoms with E-state index in [4.69, 9.17) is 14.2 Å². The third kappa shape index (κ3) is 13.5. The number of likely N-dealkylation sites (N-methyl/N-ethyl adjacent to an activating group) is 1. The van der Waals surface area contributed by atoms with Crippen LogP contribution in [-0.4, -0.2) is 77.3 Å². The van der Waals surface area contributed by atoms with E-state index in [1.54, 1.807) is 0 Å². The van der Waals surface area contributed by atoms with E-state index >= 15 is 0 Å². The first-order valence-electron chi connectivity index (χ1n) is 6.73. The van der Waals surface area contributed by atoms with Crippen molar-refractivity contribution < 1.29 is 28.6 Å². The molecular weight excluding hydrogens is 250 g/mol. The third-order valence-corrected chi connectivity index (χ3v) is 2.71. The topological polar surface area (TPSA) is 67.8 Å². The molecule has 0 aromatic heterocycles. The van der Waals surface area contributed by atoms with Crippen LogP contribution in [0, 0.1) is 0 Å². The fraction of sp³-hybridized carbons (Fsp3) is 0.923. The van der Waals surface area contributed by atoms with Gasteiger partial charge in [0.1, 0.15) is 13.1 Å². The van der Waals surface area contributed by atoms with Gasteiger partial charge >= 0.3 is 0 Å². The van der Waals surface area contributed by atoms with E-state index in [0.29, 0.717) is 19.8 Å². The molecular formula is C13H27NO5. The van der Waals surface area contributed by atoms with Crippen molar-refractivity contribution in [1.29, 1.82) is 0 Å². The average molecular weight is 277 g/mol. The average Bonchev–Trinajstić information content (AvgIpc) is 2.34. The molecule has 0 bridgehead atoms. The number of aliphatic carboxylic acids is 1. The standard InChI is InChI=1S/C7H14O4.C6H14NO/c1-2-10-5-6-11-4-3-7(8)9;1-7(2)3-5-8-6-4-7/h2-6H2,1H3,(H,8,9);3-6H2,1-2H3/q;+1/p-1. The minimum Gasteiger partial charge on any atom is -0.550 e. The van der Waals surface area contributed by atoms with Crippen molar-refractivity contribution in [2.75, 3.05) is 66.8 Å². The number of nitrogens with zero attached hydrogens (tertiary/aromatic N) is 1.